The molecule has 34 heavy (non-hydrogen) atoms. The summed E-state index contributed by atoms with van der Waals surface area (Å²) in [6, 6.07) is 20.4. The number of ether oxygens (including phenoxy) is 2. The summed E-state index contributed by atoms with van der Waals surface area (Å²) in [6.07, 6.45) is 3.03. The van der Waals surface area contributed by atoms with Crippen LogP contribution in [0.4, 0.5) is 4.39 Å². The van der Waals surface area contributed by atoms with E-state index >= 15 is 0 Å². The van der Waals surface area contributed by atoms with Crippen LogP contribution in [-0.4, -0.2) is 24.1 Å². The maximum atomic E-state index is 13.4. The molecule has 4 nitrogen and oxygen atoms in total. The zero-order chi connectivity index (χ0) is 23.9. The summed E-state index contributed by atoms with van der Waals surface area (Å²) in [7, 11) is 0. The second kappa shape index (κ2) is 11.1. The SMILES string of the molecule is CCCCOCc1ccc2c(c1)c(-c1ccc(OCC)cc1)c(C=O)n2Cc1ccc(F)cc1. The van der Waals surface area contributed by atoms with E-state index < -0.39 is 0 Å². The van der Waals surface area contributed by atoms with Crippen LogP contribution >= 0.6 is 0 Å². The summed E-state index contributed by atoms with van der Waals surface area (Å²) >= 11 is 0. The van der Waals surface area contributed by atoms with E-state index in [4.69, 9.17) is 9.47 Å². The molecule has 0 spiro atoms. The predicted molar refractivity (Wildman–Crippen MR) is 134 cm³/mol. The summed E-state index contributed by atoms with van der Waals surface area (Å²) in [5.41, 5.74) is 5.35. The third-order valence-electron chi connectivity index (χ3n) is 5.90. The first kappa shape index (κ1) is 23.7. The van der Waals surface area contributed by atoms with Gasteiger partial charge < -0.3 is 14.0 Å². The predicted octanol–water partition coefficient (Wildman–Crippen LogP) is 7.02. The lowest BCUT2D eigenvalue weighted by molar-refractivity contribution is 0.111. The number of fused-ring (bicyclic) bond motifs is 1. The minimum Gasteiger partial charge on any atom is -0.494 e. The molecule has 0 unspecified atom stereocenters. The van der Waals surface area contributed by atoms with Crippen molar-refractivity contribution in [2.45, 2.75) is 39.8 Å². The van der Waals surface area contributed by atoms with Gasteiger partial charge in [0.2, 0.25) is 0 Å². The Morgan fingerprint density at radius 3 is 2.35 bits per heavy atom. The summed E-state index contributed by atoms with van der Waals surface area (Å²) < 4.78 is 26.9. The van der Waals surface area contributed by atoms with Gasteiger partial charge in [0.15, 0.2) is 6.29 Å². The Kier molecular flexibility index (Phi) is 7.76. The molecule has 3 aromatic carbocycles. The molecule has 0 aliphatic rings. The number of hydrogen-bond acceptors (Lipinski definition) is 3. The summed E-state index contributed by atoms with van der Waals surface area (Å²) in [6.45, 7) is 6.41. The summed E-state index contributed by atoms with van der Waals surface area (Å²) in [5.74, 6) is 0.512. The van der Waals surface area contributed by atoms with Crippen LogP contribution in [0.5, 0.6) is 5.75 Å². The van der Waals surface area contributed by atoms with Crippen molar-refractivity contribution < 1.29 is 18.7 Å². The van der Waals surface area contributed by atoms with Gasteiger partial charge in [-0.25, -0.2) is 4.39 Å². The molecule has 0 fully saturated rings. The molecule has 5 heteroatoms. The highest BCUT2D eigenvalue weighted by Crippen LogP contribution is 2.36. The first-order valence-electron chi connectivity index (χ1n) is 11.8. The molecular weight excluding hydrogens is 429 g/mol. The van der Waals surface area contributed by atoms with Crippen LogP contribution in [0.1, 0.15) is 48.3 Å². The molecule has 4 aromatic rings. The number of carbonyl (C=O) groups excluding carboxylic acids is 1. The second-order valence-electron chi connectivity index (χ2n) is 8.31. The summed E-state index contributed by atoms with van der Waals surface area (Å²) in [4.78, 5) is 12.4. The number of halogens is 1. The smallest absolute Gasteiger partial charge is 0.167 e. The molecule has 4 rings (SSSR count). The number of aldehydes is 1. The van der Waals surface area contributed by atoms with Gasteiger partial charge in [0.25, 0.3) is 0 Å². The van der Waals surface area contributed by atoms with Gasteiger partial charge >= 0.3 is 0 Å². The van der Waals surface area contributed by atoms with Crippen molar-refractivity contribution in [1.82, 2.24) is 4.57 Å². The van der Waals surface area contributed by atoms with Crippen LogP contribution in [0.25, 0.3) is 22.0 Å². The molecular formula is C29H30FNO3. The van der Waals surface area contributed by atoms with Crippen LogP contribution < -0.4 is 4.74 Å². The third kappa shape index (κ3) is 5.20. The van der Waals surface area contributed by atoms with Crippen molar-refractivity contribution in [2.24, 2.45) is 0 Å². The van der Waals surface area contributed by atoms with Gasteiger partial charge in [-0.1, -0.05) is 43.7 Å². The number of nitrogens with zero attached hydrogens (tertiary/aromatic N) is 1. The number of hydrogen-bond donors (Lipinski definition) is 0. The highest BCUT2D eigenvalue weighted by molar-refractivity contribution is 6.05. The average molecular weight is 460 g/mol. The maximum Gasteiger partial charge on any atom is 0.167 e. The minimum absolute atomic E-state index is 0.278. The molecule has 1 aromatic heterocycles. The molecule has 0 amide bonds. The van der Waals surface area contributed by atoms with E-state index in [1.54, 1.807) is 12.1 Å². The number of rotatable bonds is 11. The van der Waals surface area contributed by atoms with E-state index in [0.717, 1.165) is 64.6 Å². The summed E-state index contributed by atoms with van der Waals surface area (Å²) in [5, 5.41) is 0.991. The number of unbranched alkanes of at least 4 members (excludes halogenated alkanes) is 1. The number of benzene rings is 3. The Labute approximate surface area is 199 Å². The van der Waals surface area contributed by atoms with E-state index in [9.17, 15) is 9.18 Å². The van der Waals surface area contributed by atoms with Crippen molar-refractivity contribution in [3.63, 3.8) is 0 Å². The van der Waals surface area contributed by atoms with Crippen molar-refractivity contribution >= 4 is 17.2 Å². The quantitative estimate of drug-likeness (QED) is 0.179. The Morgan fingerprint density at radius 2 is 1.68 bits per heavy atom. The number of carbonyl (C=O) groups is 1. The topological polar surface area (TPSA) is 40.5 Å². The Hall–Kier alpha value is -3.44. The molecule has 0 bridgehead atoms. The Morgan fingerprint density at radius 1 is 0.941 bits per heavy atom. The van der Waals surface area contributed by atoms with Crippen LogP contribution in [0.15, 0.2) is 66.7 Å². The minimum atomic E-state index is -0.278. The van der Waals surface area contributed by atoms with Crippen molar-refractivity contribution in [3.05, 3.63) is 89.4 Å². The molecule has 0 aliphatic heterocycles. The Balaban J connectivity index is 1.81. The van der Waals surface area contributed by atoms with Crippen molar-refractivity contribution in [1.29, 1.82) is 0 Å². The van der Waals surface area contributed by atoms with Gasteiger partial charge in [-0.3, -0.25) is 4.79 Å². The third-order valence-corrected chi connectivity index (χ3v) is 5.90. The van der Waals surface area contributed by atoms with Gasteiger partial charge in [0, 0.05) is 29.6 Å². The average Bonchev–Trinajstić information content (AvgIpc) is 3.16. The molecule has 0 aliphatic carbocycles. The van der Waals surface area contributed by atoms with Gasteiger partial charge in [0.1, 0.15) is 11.6 Å². The lowest BCUT2D eigenvalue weighted by Gasteiger charge is -2.09. The zero-order valence-electron chi connectivity index (χ0n) is 19.7. The van der Waals surface area contributed by atoms with E-state index in [0.29, 0.717) is 25.5 Å². The van der Waals surface area contributed by atoms with Crippen LogP contribution in [0.3, 0.4) is 0 Å². The normalized spacial score (nSPS) is 11.1. The van der Waals surface area contributed by atoms with Gasteiger partial charge in [-0.05, 0) is 66.4 Å². The highest BCUT2D eigenvalue weighted by Gasteiger charge is 2.19. The second-order valence-corrected chi connectivity index (χ2v) is 8.31. The molecule has 0 N–H and O–H groups in total. The van der Waals surface area contributed by atoms with Gasteiger partial charge in [0.05, 0.1) is 18.9 Å². The zero-order valence-corrected chi connectivity index (χ0v) is 19.7. The van der Waals surface area contributed by atoms with E-state index in [-0.39, 0.29) is 5.82 Å². The first-order valence-corrected chi connectivity index (χ1v) is 11.8. The number of aromatic nitrogens is 1. The van der Waals surface area contributed by atoms with Crippen molar-refractivity contribution in [3.8, 4) is 16.9 Å². The largest absolute Gasteiger partial charge is 0.494 e. The molecule has 176 valence electrons. The van der Waals surface area contributed by atoms with E-state index in [2.05, 4.69) is 13.0 Å². The molecule has 1 heterocycles. The lowest BCUT2D eigenvalue weighted by Crippen LogP contribution is -2.04. The van der Waals surface area contributed by atoms with E-state index in [1.165, 1.54) is 12.1 Å². The molecule has 0 saturated heterocycles. The van der Waals surface area contributed by atoms with Gasteiger partial charge in [-0.15, -0.1) is 0 Å². The monoisotopic (exact) mass is 459 g/mol. The first-order chi connectivity index (χ1) is 16.6. The maximum absolute atomic E-state index is 13.4. The molecule has 0 radical (unpaired) electrons. The standard InChI is InChI=1S/C29H30FNO3/c1-3-5-16-33-20-22-8-15-27-26(17-22)29(23-9-13-25(14-10-23)34-4-2)28(19-32)31(27)18-21-6-11-24(30)12-7-21/h6-15,17,19H,3-5,16,18,20H2,1-2H3. The van der Waals surface area contributed by atoms with Crippen molar-refractivity contribution in [2.75, 3.05) is 13.2 Å². The van der Waals surface area contributed by atoms with Crippen LogP contribution in [0, 0.1) is 5.82 Å². The fourth-order valence-electron chi connectivity index (χ4n) is 4.20. The highest BCUT2D eigenvalue weighted by atomic mass is 19.1. The fraction of sp³-hybridized carbons (Fsp3) is 0.276. The lowest BCUT2D eigenvalue weighted by atomic mass is 10.0. The molecule has 0 atom stereocenters. The molecule has 0 saturated carbocycles. The fourth-order valence-corrected chi connectivity index (χ4v) is 4.20. The van der Waals surface area contributed by atoms with Crippen LogP contribution in [-0.2, 0) is 17.9 Å². The van der Waals surface area contributed by atoms with Gasteiger partial charge in [-0.2, -0.15) is 0 Å². The Bertz CT molecular complexity index is 1240. The van der Waals surface area contributed by atoms with Crippen LogP contribution in [0.2, 0.25) is 0 Å². The van der Waals surface area contributed by atoms with E-state index in [1.807, 2.05) is 47.9 Å².